The Balaban J connectivity index is 2.89. The third-order valence-electron chi connectivity index (χ3n) is 1.24. The van der Waals surface area contributed by atoms with E-state index in [1.165, 1.54) is 6.20 Å². The van der Waals surface area contributed by atoms with Crippen LogP contribution in [0.1, 0.15) is 18.7 Å². The van der Waals surface area contributed by atoms with E-state index in [1.807, 2.05) is 6.92 Å². The summed E-state index contributed by atoms with van der Waals surface area (Å²) in [6.07, 6.45) is 1.39. The van der Waals surface area contributed by atoms with E-state index in [9.17, 15) is 0 Å². The lowest BCUT2D eigenvalue weighted by molar-refractivity contribution is 0.471. The molecule has 1 atom stereocenters. The molecule has 54 valence electrons. The molecular formula is C7H10N2O. The zero-order valence-electron chi connectivity index (χ0n) is 5.78. The highest BCUT2D eigenvalue weighted by Gasteiger charge is 1.98. The number of hydrogen-bond donors (Lipinski definition) is 2. The van der Waals surface area contributed by atoms with Gasteiger partial charge in [0.25, 0.3) is 0 Å². The van der Waals surface area contributed by atoms with Gasteiger partial charge in [-0.1, -0.05) is 0 Å². The van der Waals surface area contributed by atoms with E-state index in [4.69, 9.17) is 10.8 Å². The number of aromatic hydroxyl groups is 1. The van der Waals surface area contributed by atoms with E-state index in [2.05, 4.69) is 4.98 Å². The lowest BCUT2D eigenvalue weighted by Gasteiger charge is -2.02. The molecule has 0 aliphatic heterocycles. The fraction of sp³-hybridized carbons (Fsp3) is 0.286. The molecule has 0 unspecified atom stereocenters. The van der Waals surface area contributed by atoms with Gasteiger partial charge in [-0.15, -0.1) is 0 Å². The van der Waals surface area contributed by atoms with Gasteiger partial charge in [0.15, 0.2) is 0 Å². The molecule has 1 heterocycles. The van der Waals surface area contributed by atoms with E-state index in [0.29, 0.717) is 0 Å². The topological polar surface area (TPSA) is 59.1 Å². The Morgan fingerprint density at radius 1 is 1.60 bits per heavy atom. The molecule has 10 heavy (non-hydrogen) atoms. The van der Waals surface area contributed by atoms with Crippen molar-refractivity contribution in [1.29, 1.82) is 0 Å². The molecule has 3 heteroatoms. The lowest BCUT2D eigenvalue weighted by atomic mass is 10.2. The Morgan fingerprint density at radius 3 is 2.70 bits per heavy atom. The predicted molar refractivity (Wildman–Crippen MR) is 38.5 cm³/mol. The molecule has 1 rings (SSSR count). The van der Waals surface area contributed by atoms with Gasteiger partial charge in [0.2, 0.25) is 0 Å². The SMILES string of the molecule is C[C@H](N)c1ccc(O)cn1. The van der Waals surface area contributed by atoms with Gasteiger partial charge in [0, 0.05) is 6.04 Å². The minimum Gasteiger partial charge on any atom is -0.506 e. The summed E-state index contributed by atoms with van der Waals surface area (Å²) in [5, 5.41) is 8.84. The number of pyridine rings is 1. The monoisotopic (exact) mass is 138 g/mol. The smallest absolute Gasteiger partial charge is 0.133 e. The third-order valence-corrected chi connectivity index (χ3v) is 1.24. The van der Waals surface area contributed by atoms with Crippen LogP contribution in [0.2, 0.25) is 0 Å². The van der Waals surface area contributed by atoms with Crippen molar-refractivity contribution in [1.82, 2.24) is 4.98 Å². The van der Waals surface area contributed by atoms with E-state index in [1.54, 1.807) is 12.1 Å². The van der Waals surface area contributed by atoms with Crippen LogP contribution in [0.15, 0.2) is 18.3 Å². The van der Waals surface area contributed by atoms with E-state index in [0.717, 1.165) is 5.69 Å². The molecule has 0 saturated heterocycles. The first-order valence-electron chi connectivity index (χ1n) is 3.10. The highest BCUT2D eigenvalue weighted by atomic mass is 16.3. The van der Waals surface area contributed by atoms with Crippen molar-refractivity contribution in [2.45, 2.75) is 13.0 Å². The van der Waals surface area contributed by atoms with Crippen LogP contribution in [-0.4, -0.2) is 10.1 Å². The molecule has 3 nitrogen and oxygen atoms in total. The van der Waals surface area contributed by atoms with E-state index >= 15 is 0 Å². The molecule has 0 spiro atoms. The van der Waals surface area contributed by atoms with Gasteiger partial charge < -0.3 is 10.8 Å². The molecule has 0 aromatic carbocycles. The van der Waals surface area contributed by atoms with Crippen molar-refractivity contribution in [3.8, 4) is 5.75 Å². The van der Waals surface area contributed by atoms with Gasteiger partial charge in [-0.05, 0) is 19.1 Å². The summed E-state index contributed by atoms with van der Waals surface area (Å²) < 4.78 is 0. The molecule has 3 N–H and O–H groups in total. The second-order valence-electron chi connectivity index (χ2n) is 2.23. The summed E-state index contributed by atoms with van der Waals surface area (Å²) in [5.41, 5.74) is 6.31. The van der Waals surface area contributed by atoms with Crippen LogP contribution in [0.5, 0.6) is 5.75 Å². The third kappa shape index (κ3) is 1.45. The summed E-state index contributed by atoms with van der Waals surface area (Å²) in [5.74, 6) is 0.171. The van der Waals surface area contributed by atoms with E-state index < -0.39 is 0 Å². The normalized spacial score (nSPS) is 13.0. The summed E-state index contributed by atoms with van der Waals surface area (Å²) in [7, 11) is 0. The first-order valence-corrected chi connectivity index (χ1v) is 3.10. The number of hydrogen-bond acceptors (Lipinski definition) is 3. The maximum Gasteiger partial charge on any atom is 0.133 e. The second-order valence-corrected chi connectivity index (χ2v) is 2.23. The highest BCUT2D eigenvalue weighted by molar-refractivity contribution is 5.19. The van der Waals surface area contributed by atoms with Gasteiger partial charge in [-0.3, -0.25) is 4.98 Å². The molecule has 0 aliphatic rings. The van der Waals surface area contributed by atoms with Gasteiger partial charge in [0.05, 0.1) is 11.9 Å². The van der Waals surface area contributed by atoms with Gasteiger partial charge >= 0.3 is 0 Å². The maximum atomic E-state index is 8.84. The van der Waals surface area contributed by atoms with Crippen LogP contribution in [-0.2, 0) is 0 Å². The Labute approximate surface area is 59.5 Å². The zero-order chi connectivity index (χ0) is 7.56. The zero-order valence-corrected chi connectivity index (χ0v) is 5.78. The highest BCUT2D eigenvalue weighted by Crippen LogP contribution is 2.09. The van der Waals surface area contributed by atoms with Crippen molar-refractivity contribution in [3.05, 3.63) is 24.0 Å². The Bertz CT molecular complexity index is 205. The second kappa shape index (κ2) is 2.66. The number of nitrogens with zero attached hydrogens (tertiary/aromatic N) is 1. The van der Waals surface area contributed by atoms with Crippen molar-refractivity contribution in [3.63, 3.8) is 0 Å². The van der Waals surface area contributed by atoms with Crippen molar-refractivity contribution < 1.29 is 5.11 Å². The fourth-order valence-electron chi connectivity index (χ4n) is 0.667. The standard InChI is InChI=1S/C7H10N2O/c1-5(8)7-3-2-6(10)4-9-7/h2-5,10H,8H2,1H3/t5-/m0/s1. The first kappa shape index (κ1) is 7.02. The molecule has 0 radical (unpaired) electrons. The molecule has 0 fully saturated rings. The summed E-state index contributed by atoms with van der Waals surface area (Å²) in [4.78, 5) is 3.90. The van der Waals surface area contributed by atoms with Gasteiger partial charge in [-0.25, -0.2) is 0 Å². The average molecular weight is 138 g/mol. The minimum absolute atomic E-state index is 0.0689. The van der Waals surface area contributed by atoms with Gasteiger partial charge in [0.1, 0.15) is 5.75 Å². The van der Waals surface area contributed by atoms with Crippen LogP contribution in [0.4, 0.5) is 0 Å². The molecule has 0 bridgehead atoms. The summed E-state index contributed by atoms with van der Waals surface area (Å²) >= 11 is 0. The largest absolute Gasteiger partial charge is 0.506 e. The average Bonchev–Trinajstić information content (AvgIpc) is 1.88. The Kier molecular flexibility index (Phi) is 1.87. The minimum atomic E-state index is -0.0689. The van der Waals surface area contributed by atoms with Crippen LogP contribution < -0.4 is 5.73 Å². The van der Waals surface area contributed by atoms with Crippen molar-refractivity contribution in [2.24, 2.45) is 5.73 Å². The molecule has 0 aliphatic carbocycles. The Morgan fingerprint density at radius 2 is 2.30 bits per heavy atom. The van der Waals surface area contributed by atoms with Gasteiger partial charge in [-0.2, -0.15) is 0 Å². The van der Waals surface area contributed by atoms with Crippen molar-refractivity contribution >= 4 is 0 Å². The van der Waals surface area contributed by atoms with Crippen LogP contribution in [0.3, 0.4) is 0 Å². The summed E-state index contributed by atoms with van der Waals surface area (Å²) in [6, 6.07) is 3.21. The molecular weight excluding hydrogens is 128 g/mol. The molecule has 0 amide bonds. The van der Waals surface area contributed by atoms with E-state index in [-0.39, 0.29) is 11.8 Å². The molecule has 0 saturated carbocycles. The number of aromatic nitrogens is 1. The molecule has 1 aromatic rings. The van der Waals surface area contributed by atoms with Crippen LogP contribution in [0.25, 0.3) is 0 Å². The lowest BCUT2D eigenvalue weighted by Crippen LogP contribution is -2.06. The summed E-state index contributed by atoms with van der Waals surface area (Å²) in [6.45, 7) is 1.85. The number of nitrogens with two attached hydrogens (primary N) is 1. The number of rotatable bonds is 1. The van der Waals surface area contributed by atoms with Crippen LogP contribution in [0, 0.1) is 0 Å². The quantitative estimate of drug-likeness (QED) is 0.603. The van der Waals surface area contributed by atoms with Crippen LogP contribution >= 0.6 is 0 Å². The Hall–Kier alpha value is -1.09. The first-order chi connectivity index (χ1) is 4.70. The fourth-order valence-corrected chi connectivity index (χ4v) is 0.667. The van der Waals surface area contributed by atoms with Crippen molar-refractivity contribution in [2.75, 3.05) is 0 Å². The maximum absolute atomic E-state index is 8.84. The molecule has 1 aromatic heterocycles. The predicted octanol–water partition coefficient (Wildman–Crippen LogP) is 0.807.